The number of nitrogens with zero attached hydrogens (tertiary/aromatic N) is 2. The SMILES string of the molecule is CC(=NNC(=O)c1ccc(CSc2cccc3cccnc23)cc1)c1ccc(C(C)(C)C)cc1. The van der Waals surface area contributed by atoms with Gasteiger partial charge in [0, 0.05) is 27.8 Å². The van der Waals surface area contributed by atoms with Gasteiger partial charge >= 0.3 is 0 Å². The van der Waals surface area contributed by atoms with E-state index < -0.39 is 0 Å². The number of thioether (sulfide) groups is 1. The van der Waals surface area contributed by atoms with Crippen LogP contribution in [0.25, 0.3) is 10.9 Å². The second kappa shape index (κ2) is 10.2. The first kappa shape index (κ1) is 23.7. The Balaban J connectivity index is 1.36. The first-order valence-corrected chi connectivity index (χ1v) is 12.3. The Morgan fingerprint density at radius 1 is 0.912 bits per heavy atom. The maximum atomic E-state index is 12.6. The van der Waals surface area contributed by atoms with Crippen molar-refractivity contribution in [3.05, 3.63) is 107 Å². The molecule has 172 valence electrons. The Bertz CT molecular complexity index is 1320. The molecule has 1 heterocycles. The average molecular weight is 468 g/mol. The van der Waals surface area contributed by atoms with Crippen LogP contribution in [0.2, 0.25) is 0 Å². The first-order chi connectivity index (χ1) is 16.3. The monoisotopic (exact) mass is 467 g/mol. The molecule has 34 heavy (non-hydrogen) atoms. The summed E-state index contributed by atoms with van der Waals surface area (Å²) < 4.78 is 0. The Labute approximate surface area is 205 Å². The zero-order valence-corrected chi connectivity index (χ0v) is 20.8. The fraction of sp³-hybridized carbons (Fsp3) is 0.207. The molecule has 3 aromatic carbocycles. The van der Waals surface area contributed by atoms with E-state index in [-0.39, 0.29) is 11.3 Å². The summed E-state index contributed by atoms with van der Waals surface area (Å²) in [5.74, 6) is 0.586. The van der Waals surface area contributed by atoms with Crippen LogP contribution in [-0.2, 0) is 11.2 Å². The number of aromatic nitrogens is 1. The van der Waals surface area contributed by atoms with E-state index in [0.717, 1.165) is 38.4 Å². The number of carbonyl (C=O) groups is 1. The number of rotatable bonds is 6. The number of hydrogen-bond acceptors (Lipinski definition) is 4. The molecule has 4 aromatic rings. The summed E-state index contributed by atoms with van der Waals surface area (Å²) in [6.45, 7) is 8.46. The van der Waals surface area contributed by atoms with Gasteiger partial charge in [-0.25, -0.2) is 5.43 Å². The van der Waals surface area contributed by atoms with Gasteiger partial charge in [-0.15, -0.1) is 11.8 Å². The lowest BCUT2D eigenvalue weighted by atomic mass is 9.86. The largest absolute Gasteiger partial charge is 0.271 e. The summed E-state index contributed by atoms with van der Waals surface area (Å²) in [6.07, 6.45) is 1.82. The molecule has 1 N–H and O–H groups in total. The molecule has 4 rings (SSSR count). The lowest BCUT2D eigenvalue weighted by molar-refractivity contribution is 0.0955. The number of para-hydroxylation sites is 1. The topological polar surface area (TPSA) is 54.4 Å². The molecule has 4 nitrogen and oxygen atoms in total. The van der Waals surface area contributed by atoms with Crippen molar-refractivity contribution in [1.82, 2.24) is 10.4 Å². The molecule has 0 aliphatic carbocycles. The third-order valence-corrected chi connectivity index (χ3v) is 6.82. The summed E-state index contributed by atoms with van der Waals surface area (Å²) in [7, 11) is 0. The summed E-state index contributed by atoms with van der Waals surface area (Å²) in [5.41, 5.74) is 8.56. The van der Waals surface area contributed by atoms with Gasteiger partial charge in [-0.3, -0.25) is 9.78 Å². The quantitative estimate of drug-likeness (QED) is 0.189. The molecule has 0 bridgehead atoms. The van der Waals surface area contributed by atoms with E-state index in [2.05, 4.69) is 72.7 Å². The van der Waals surface area contributed by atoms with Crippen molar-refractivity contribution in [3.63, 3.8) is 0 Å². The van der Waals surface area contributed by atoms with Crippen molar-refractivity contribution >= 4 is 34.3 Å². The van der Waals surface area contributed by atoms with Crippen LogP contribution in [0.5, 0.6) is 0 Å². The first-order valence-electron chi connectivity index (χ1n) is 11.3. The summed E-state index contributed by atoms with van der Waals surface area (Å²) in [5, 5.41) is 5.44. The lowest BCUT2D eigenvalue weighted by Gasteiger charge is -2.19. The van der Waals surface area contributed by atoms with Crippen molar-refractivity contribution < 1.29 is 4.79 Å². The number of pyridine rings is 1. The van der Waals surface area contributed by atoms with Gasteiger partial charge in [0.25, 0.3) is 5.91 Å². The zero-order valence-electron chi connectivity index (χ0n) is 20.0. The van der Waals surface area contributed by atoms with Crippen LogP contribution in [-0.4, -0.2) is 16.6 Å². The average Bonchev–Trinajstić information content (AvgIpc) is 2.85. The highest BCUT2D eigenvalue weighted by atomic mass is 32.2. The zero-order chi connectivity index (χ0) is 24.1. The third-order valence-electron chi connectivity index (χ3n) is 5.70. The van der Waals surface area contributed by atoms with Crippen LogP contribution < -0.4 is 5.43 Å². The van der Waals surface area contributed by atoms with Crippen LogP contribution in [0.4, 0.5) is 0 Å². The molecule has 5 heteroatoms. The molecule has 0 saturated heterocycles. The Morgan fingerprint density at radius 2 is 1.59 bits per heavy atom. The minimum Gasteiger partial charge on any atom is -0.267 e. The molecule has 1 aromatic heterocycles. The number of hydrogen-bond donors (Lipinski definition) is 1. The van der Waals surface area contributed by atoms with Crippen LogP contribution in [0.15, 0.2) is 95.1 Å². The van der Waals surface area contributed by atoms with Crippen LogP contribution >= 0.6 is 11.8 Å². The Morgan fingerprint density at radius 3 is 2.29 bits per heavy atom. The van der Waals surface area contributed by atoms with E-state index >= 15 is 0 Å². The van der Waals surface area contributed by atoms with Crippen molar-refractivity contribution in [3.8, 4) is 0 Å². The van der Waals surface area contributed by atoms with Crippen LogP contribution in [0.3, 0.4) is 0 Å². The van der Waals surface area contributed by atoms with Gasteiger partial charge in [0.05, 0.1) is 11.2 Å². The number of benzene rings is 3. The minimum absolute atomic E-state index is 0.105. The van der Waals surface area contributed by atoms with Gasteiger partial charge in [0.15, 0.2) is 0 Å². The van der Waals surface area contributed by atoms with Gasteiger partial charge in [-0.2, -0.15) is 5.10 Å². The van der Waals surface area contributed by atoms with Crippen LogP contribution in [0, 0.1) is 0 Å². The molecule has 0 saturated carbocycles. The smallest absolute Gasteiger partial charge is 0.267 e. The number of hydrazone groups is 1. The van der Waals surface area contributed by atoms with E-state index in [4.69, 9.17) is 0 Å². The highest BCUT2D eigenvalue weighted by Crippen LogP contribution is 2.29. The predicted molar refractivity (Wildman–Crippen MR) is 143 cm³/mol. The van der Waals surface area contributed by atoms with Gasteiger partial charge < -0.3 is 0 Å². The highest BCUT2D eigenvalue weighted by Gasteiger charge is 2.13. The lowest BCUT2D eigenvalue weighted by Crippen LogP contribution is -2.19. The molecule has 0 fully saturated rings. The summed E-state index contributed by atoms with van der Waals surface area (Å²) >= 11 is 1.75. The molecular weight excluding hydrogens is 438 g/mol. The number of fused-ring (bicyclic) bond motifs is 1. The van der Waals surface area contributed by atoms with Crippen molar-refractivity contribution in [2.24, 2.45) is 5.10 Å². The highest BCUT2D eigenvalue weighted by molar-refractivity contribution is 7.98. The van der Waals surface area contributed by atoms with E-state index in [1.54, 1.807) is 11.8 Å². The van der Waals surface area contributed by atoms with Crippen molar-refractivity contribution in [1.29, 1.82) is 0 Å². The maximum Gasteiger partial charge on any atom is 0.271 e. The molecule has 1 amide bonds. The molecule has 0 aliphatic heterocycles. The van der Waals surface area contributed by atoms with Gasteiger partial charge in [-0.05, 0) is 53.3 Å². The van der Waals surface area contributed by atoms with E-state index in [1.807, 2.05) is 55.6 Å². The maximum absolute atomic E-state index is 12.6. The Kier molecular flexibility index (Phi) is 7.13. The third kappa shape index (κ3) is 5.72. The predicted octanol–water partition coefficient (Wildman–Crippen LogP) is 6.98. The van der Waals surface area contributed by atoms with Crippen molar-refractivity contribution in [2.45, 2.75) is 43.8 Å². The second-order valence-electron chi connectivity index (χ2n) is 9.28. The molecule has 0 radical (unpaired) electrons. The molecule has 0 spiro atoms. The molecule has 0 unspecified atom stereocenters. The van der Waals surface area contributed by atoms with Gasteiger partial charge in [0.2, 0.25) is 0 Å². The number of carbonyl (C=O) groups excluding carboxylic acids is 1. The van der Waals surface area contributed by atoms with Gasteiger partial charge in [-0.1, -0.05) is 75.4 Å². The van der Waals surface area contributed by atoms with E-state index in [9.17, 15) is 4.79 Å². The standard InChI is InChI=1S/C29H29N3OS/c1-20(22-14-16-25(17-15-22)29(2,3)4)31-32-28(33)24-12-10-21(11-13-24)19-34-26-9-5-7-23-8-6-18-30-27(23)26/h5-18H,19H2,1-4H3,(H,32,33). The second-order valence-corrected chi connectivity index (χ2v) is 10.3. The molecule has 0 aliphatic rings. The van der Waals surface area contributed by atoms with E-state index in [0.29, 0.717) is 5.56 Å². The molecular formula is C29H29N3OS. The van der Waals surface area contributed by atoms with E-state index in [1.165, 1.54) is 5.56 Å². The fourth-order valence-electron chi connectivity index (χ4n) is 3.58. The summed E-state index contributed by atoms with van der Waals surface area (Å²) in [4.78, 5) is 18.2. The number of nitrogens with one attached hydrogen (secondary N) is 1. The Hall–Kier alpha value is -3.44. The number of amides is 1. The minimum atomic E-state index is -0.219. The van der Waals surface area contributed by atoms with Crippen molar-refractivity contribution in [2.75, 3.05) is 0 Å². The van der Waals surface area contributed by atoms with Crippen LogP contribution in [0.1, 0.15) is 54.7 Å². The normalized spacial score (nSPS) is 12.1. The summed E-state index contributed by atoms with van der Waals surface area (Å²) in [6, 6.07) is 26.2. The van der Waals surface area contributed by atoms with Gasteiger partial charge in [0.1, 0.15) is 0 Å². The molecule has 0 atom stereocenters. The fourth-order valence-corrected chi connectivity index (χ4v) is 4.58.